The number of amides is 1. The van der Waals surface area contributed by atoms with E-state index in [4.69, 9.17) is 0 Å². The molecular formula is C19H23FN2O. The average molecular weight is 314 g/mol. The topological polar surface area (TPSA) is 41.1 Å². The van der Waals surface area contributed by atoms with Crippen LogP contribution in [-0.4, -0.2) is 19.0 Å². The number of hydrogen-bond acceptors (Lipinski definition) is 2. The lowest BCUT2D eigenvalue weighted by molar-refractivity contribution is -0.120. The fourth-order valence-corrected chi connectivity index (χ4v) is 2.32. The van der Waals surface area contributed by atoms with Crippen LogP contribution in [0.15, 0.2) is 42.5 Å². The minimum absolute atomic E-state index is 0.0184. The number of carbonyl (C=O) groups excluding carboxylic acids is 1. The Hall–Kier alpha value is -2.36. The van der Waals surface area contributed by atoms with Crippen molar-refractivity contribution in [3.8, 4) is 0 Å². The molecule has 2 aromatic rings. The van der Waals surface area contributed by atoms with Crippen molar-refractivity contribution in [2.24, 2.45) is 0 Å². The molecule has 0 bridgehead atoms. The van der Waals surface area contributed by atoms with E-state index in [2.05, 4.69) is 28.8 Å². The molecule has 0 aliphatic carbocycles. The summed E-state index contributed by atoms with van der Waals surface area (Å²) in [7, 11) is 0. The Kier molecular flexibility index (Phi) is 6.15. The van der Waals surface area contributed by atoms with E-state index in [0.717, 1.165) is 11.3 Å². The van der Waals surface area contributed by atoms with Crippen LogP contribution >= 0.6 is 0 Å². The molecule has 0 fully saturated rings. The molecule has 0 aliphatic rings. The summed E-state index contributed by atoms with van der Waals surface area (Å²) in [6.45, 7) is 5.26. The van der Waals surface area contributed by atoms with E-state index in [1.165, 1.54) is 23.3 Å². The third-order valence-electron chi connectivity index (χ3n) is 3.71. The molecule has 0 saturated heterocycles. The minimum atomic E-state index is -0.240. The zero-order valence-corrected chi connectivity index (χ0v) is 13.7. The normalized spacial score (nSPS) is 10.4. The first-order chi connectivity index (χ1) is 11.0. The number of halogens is 1. The second-order valence-corrected chi connectivity index (χ2v) is 5.72. The highest BCUT2D eigenvalue weighted by molar-refractivity contribution is 5.76. The highest BCUT2D eigenvalue weighted by atomic mass is 19.1. The molecule has 3 nitrogen and oxygen atoms in total. The Balaban J connectivity index is 1.67. The summed E-state index contributed by atoms with van der Waals surface area (Å²) in [6, 6.07) is 12.6. The molecule has 0 unspecified atom stereocenters. The van der Waals surface area contributed by atoms with E-state index in [1.54, 1.807) is 12.1 Å². The molecular weight excluding hydrogens is 291 g/mol. The summed E-state index contributed by atoms with van der Waals surface area (Å²) in [6.07, 6.45) is 1.13. The predicted octanol–water partition coefficient (Wildman–Crippen LogP) is 3.60. The Labute approximate surface area is 136 Å². The van der Waals surface area contributed by atoms with Gasteiger partial charge in [-0.25, -0.2) is 4.39 Å². The van der Waals surface area contributed by atoms with Crippen LogP contribution in [0.1, 0.15) is 23.1 Å². The SMILES string of the molecule is Cc1ccc(C)c(NCCC(=O)NCCc2ccc(F)cc2)c1. The first-order valence-corrected chi connectivity index (χ1v) is 7.87. The molecule has 1 amide bonds. The van der Waals surface area contributed by atoms with Gasteiger partial charge in [-0.3, -0.25) is 4.79 Å². The zero-order valence-electron chi connectivity index (χ0n) is 13.7. The van der Waals surface area contributed by atoms with Crippen LogP contribution in [-0.2, 0) is 11.2 Å². The van der Waals surface area contributed by atoms with Crippen LogP contribution in [0.5, 0.6) is 0 Å². The van der Waals surface area contributed by atoms with Crippen molar-refractivity contribution in [2.45, 2.75) is 26.7 Å². The molecule has 2 rings (SSSR count). The number of anilines is 1. The van der Waals surface area contributed by atoms with Crippen molar-refractivity contribution in [3.63, 3.8) is 0 Å². The fourth-order valence-electron chi connectivity index (χ4n) is 2.32. The lowest BCUT2D eigenvalue weighted by Gasteiger charge is -2.10. The second kappa shape index (κ2) is 8.32. The number of carbonyl (C=O) groups is 1. The van der Waals surface area contributed by atoms with Crippen molar-refractivity contribution in [1.29, 1.82) is 0 Å². The van der Waals surface area contributed by atoms with Crippen LogP contribution in [0.3, 0.4) is 0 Å². The van der Waals surface area contributed by atoms with E-state index in [1.807, 2.05) is 13.8 Å². The molecule has 0 radical (unpaired) electrons. The number of benzene rings is 2. The van der Waals surface area contributed by atoms with Crippen LogP contribution in [0.2, 0.25) is 0 Å². The van der Waals surface area contributed by atoms with Crippen molar-refractivity contribution in [3.05, 3.63) is 65.0 Å². The van der Waals surface area contributed by atoms with E-state index in [0.29, 0.717) is 25.9 Å². The molecule has 0 aromatic heterocycles. The maximum atomic E-state index is 12.8. The monoisotopic (exact) mass is 314 g/mol. The van der Waals surface area contributed by atoms with Gasteiger partial charge in [0, 0.05) is 25.2 Å². The molecule has 2 N–H and O–H groups in total. The molecule has 0 atom stereocenters. The number of nitrogens with one attached hydrogen (secondary N) is 2. The Morgan fingerprint density at radius 3 is 2.52 bits per heavy atom. The summed E-state index contributed by atoms with van der Waals surface area (Å²) in [5.41, 5.74) is 4.46. The maximum absolute atomic E-state index is 12.8. The number of rotatable bonds is 7. The molecule has 23 heavy (non-hydrogen) atoms. The quantitative estimate of drug-likeness (QED) is 0.820. The Morgan fingerprint density at radius 2 is 1.78 bits per heavy atom. The lowest BCUT2D eigenvalue weighted by atomic mass is 10.1. The summed E-state index contributed by atoms with van der Waals surface area (Å²) in [5.74, 6) is -0.222. The standard InChI is InChI=1S/C19H23FN2O/c1-14-3-4-15(2)18(13-14)21-12-10-19(23)22-11-9-16-5-7-17(20)8-6-16/h3-8,13,21H,9-12H2,1-2H3,(H,22,23). The lowest BCUT2D eigenvalue weighted by Crippen LogP contribution is -2.27. The average Bonchev–Trinajstić information content (AvgIpc) is 2.53. The molecule has 0 heterocycles. The molecule has 4 heteroatoms. The van der Waals surface area contributed by atoms with Gasteiger partial charge in [-0.1, -0.05) is 24.3 Å². The van der Waals surface area contributed by atoms with Gasteiger partial charge < -0.3 is 10.6 Å². The third kappa shape index (κ3) is 5.74. The van der Waals surface area contributed by atoms with E-state index < -0.39 is 0 Å². The summed E-state index contributed by atoms with van der Waals surface area (Å²) in [4.78, 5) is 11.8. The number of aryl methyl sites for hydroxylation is 2. The van der Waals surface area contributed by atoms with Gasteiger partial charge in [-0.05, 0) is 55.2 Å². The smallest absolute Gasteiger partial charge is 0.221 e. The van der Waals surface area contributed by atoms with Gasteiger partial charge in [0.2, 0.25) is 5.91 Å². The van der Waals surface area contributed by atoms with Crippen LogP contribution < -0.4 is 10.6 Å². The summed E-state index contributed by atoms with van der Waals surface area (Å²) < 4.78 is 12.8. The summed E-state index contributed by atoms with van der Waals surface area (Å²) >= 11 is 0. The highest BCUT2D eigenvalue weighted by Gasteiger charge is 2.03. The van der Waals surface area contributed by atoms with Gasteiger partial charge in [-0.2, -0.15) is 0 Å². The predicted molar refractivity (Wildman–Crippen MR) is 92.1 cm³/mol. The van der Waals surface area contributed by atoms with Gasteiger partial charge in [-0.15, -0.1) is 0 Å². The first kappa shape index (κ1) is 17.0. The highest BCUT2D eigenvalue weighted by Crippen LogP contribution is 2.16. The second-order valence-electron chi connectivity index (χ2n) is 5.72. The van der Waals surface area contributed by atoms with Crippen molar-refractivity contribution < 1.29 is 9.18 Å². The van der Waals surface area contributed by atoms with Crippen molar-refractivity contribution >= 4 is 11.6 Å². The van der Waals surface area contributed by atoms with Crippen LogP contribution in [0.25, 0.3) is 0 Å². The third-order valence-corrected chi connectivity index (χ3v) is 3.71. The van der Waals surface area contributed by atoms with Gasteiger partial charge in [0.25, 0.3) is 0 Å². The van der Waals surface area contributed by atoms with Crippen molar-refractivity contribution in [1.82, 2.24) is 5.32 Å². The summed E-state index contributed by atoms with van der Waals surface area (Å²) in [5, 5.41) is 6.18. The zero-order chi connectivity index (χ0) is 16.7. The molecule has 2 aromatic carbocycles. The largest absolute Gasteiger partial charge is 0.384 e. The van der Waals surface area contributed by atoms with E-state index in [9.17, 15) is 9.18 Å². The number of hydrogen-bond donors (Lipinski definition) is 2. The van der Waals surface area contributed by atoms with E-state index in [-0.39, 0.29) is 11.7 Å². The van der Waals surface area contributed by atoms with E-state index >= 15 is 0 Å². The van der Waals surface area contributed by atoms with Gasteiger partial charge in [0.05, 0.1) is 0 Å². The van der Waals surface area contributed by atoms with Crippen LogP contribution in [0.4, 0.5) is 10.1 Å². The first-order valence-electron chi connectivity index (χ1n) is 7.87. The van der Waals surface area contributed by atoms with Gasteiger partial charge in [0.15, 0.2) is 0 Å². The van der Waals surface area contributed by atoms with Gasteiger partial charge in [0.1, 0.15) is 5.82 Å². The Bertz CT molecular complexity index is 653. The minimum Gasteiger partial charge on any atom is -0.384 e. The molecule has 0 saturated carbocycles. The molecule has 0 aliphatic heterocycles. The fraction of sp³-hybridized carbons (Fsp3) is 0.316. The Morgan fingerprint density at radius 1 is 1.04 bits per heavy atom. The molecule has 0 spiro atoms. The van der Waals surface area contributed by atoms with Gasteiger partial charge >= 0.3 is 0 Å². The van der Waals surface area contributed by atoms with Crippen LogP contribution in [0, 0.1) is 19.7 Å². The van der Waals surface area contributed by atoms with Crippen molar-refractivity contribution in [2.75, 3.05) is 18.4 Å². The maximum Gasteiger partial charge on any atom is 0.221 e. The molecule has 122 valence electrons.